The predicted octanol–water partition coefficient (Wildman–Crippen LogP) is 4.02. The summed E-state index contributed by atoms with van der Waals surface area (Å²) in [5.41, 5.74) is 0.0176. The zero-order valence-corrected chi connectivity index (χ0v) is 18.7. The van der Waals surface area contributed by atoms with Crippen LogP contribution in [0.2, 0.25) is 0 Å². The van der Waals surface area contributed by atoms with Crippen molar-refractivity contribution < 1.29 is 31.1 Å². The van der Waals surface area contributed by atoms with Crippen molar-refractivity contribution in [3.8, 4) is 5.75 Å². The lowest BCUT2D eigenvalue weighted by Crippen LogP contribution is -2.23. The molecular formula is C22H25F3N2O4S. The van der Waals surface area contributed by atoms with Gasteiger partial charge in [0.25, 0.3) is 0 Å². The number of carbonyl (C=O) groups excluding carboxylic acids is 1. The number of halogens is 3. The van der Waals surface area contributed by atoms with Gasteiger partial charge in [0.2, 0.25) is 15.9 Å². The molecule has 0 aliphatic carbocycles. The van der Waals surface area contributed by atoms with Crippen molar-refractivity contribution in [2.75, 3.05) is 17.5 Å². The second kappa shape index (κ2) is 11.0. The number of sulfonamides is 1. The van der Waals surface area contributed by atoms with E-state index in [9.17, 15) is 26.4 Å². The first-order chi connectivity index (χ1) is 15.0. The van der Waals surface area contributed by atoms with Crippen molar-refractivity contribution in [2.45, 2.75) is 32.8 Å². The van der Waals surface area contributed by atoms with Crippen LogP contribution in [0.4, 0.5) is 18.9 Å². The van der Waals surface area contributed by atoms with Gasteiger partial charge in [0.05, 0.1) is 12.4 Å². The van der Waals surface area contributed by atoms with Gasteiger partial charge in [0, 0.05) is 24.3 Å². The molecule has 0 saturated heterocycles. The number of amides is 1. The van der Waals surface area contributed by atoms with E-state index in [0.717, 1.165) is 24.8 Å². The highest BCUT2D eigenvalue weighted by molar-refractivity contribution is 7.92. The van der Waals surface area contributed by atoms with E-state index in [-0.39, 0.29) is 24.6 Å². The Labute approximate surface area is 185 Å². The molecule has 0 fully saturated rings. The molecule has 2 aromatic rings. The minimum atomic E-state index is -3.83. The molecule has 0 spiro atoms. The Balaban J connectivity index is 1.98. The summed E-state index contributed by atoms with van der Waals surface area (Å²) in [5.74, 6) is -2.71. The van der Waals surface area contributed by atoms with Gasteiger partial charge in [-0.05, 0) is 55.7 Å². The van der Waals surface area contributed by atoms with E-state index in [1.165, 1.54) is 30.4 Å². The average Bonchev–Trinajstić information content (AvgIpc) is 2.69. The van der Waals surface area contributed by atoms with Gasteiger partial charge < -0.3 is 10.1 Å². The summed E-state index contributed by atoms with van der Waals surface area (Å²) in [5, 5.41) is 2.58. The molecule has 1 amide bonds. The van der Waals surface area contributed by atoms with E-state index < -0.39 is 39.1 Å². The summed E-state index contributed by atoms with van der Waals surface area (Å²) < 4.78 is 71.4. The van der Waals surface area contributed by atoms with Crippen LogP contribution in [0.5, 0.6) is 5.75 Å². The molecule has 0 aromatic heterocycles. The number of benzene rings is 2. The standard InChI is InChI=1S/C22H25F3N2O4S/c1-4-14(2)31-20-13-17(23)7-5-16(20)6-8-21(28)26-10-9-15-11-18(24)22(19(25)12-15)27-32(3,29)30/h5-8,11-14,27H,4,9-10H2,1-3H3,(H,26,28)/t14-/m1/s1. The van der Waals surface area contributed by atoms with Crippen molar-refractivity contribution in [3.63, 3.8) is 0 Å². The van der Waals surface area contributed by atoms with Crippen molar-refractivity contribution in [1.29, 1.82) is 0 Å². The maximum absolute atomic E-state index is 14.0. The molecule has 0 saturated carbocycles. The quantitative estimate of drug-likeness (QED) is 0.514. The molecule has 2 rings (SSSR count). The summed E-state index contributed by atoms with van der Waals surface area (Å²) >= 11 is 0. The summed E-state index contributed by atoms with van der Waals surface area (Å²) in [6, 6.07) is 5.99. The van der Waals surface area contributed by atoms with Crippen LogP contribution in [0.15, 0.2) is 36.4 Å². The van der Waals surface area contributed by atoms with Crippen molar-refractivity contribution in [1.82, 2.24) is 5.32 Å². The number of hydrogen-bond acceptors (Lipinski definition) is 4. The van der Waals surface area contributed by atoms with Crippen molar-refractivity contribution in [2.24, 2.45) is 0 Å². The minimum Gasteiger partial charge on any atom is -0.490 e. The largest absolute Gasteiger partial charge is 0.490 e. The predicted molar refractivity (Wildman–Crippen MR) is 117 cm³/mol. The lowest BCUT2D eigenvalue weighted by atomic mass is 10.1. The zero-order chi connectivity index (χ0) is 23.9. The van der Waals surface area contributed by atoms with Crippen LogP contribution in [-0.2, 0) is 21.2 Å². The normalized spacial score (nSPS) is 12.6. The second-order valence-electron chi connectivity index (χ2n) is 7.20. The van der Waals surface area contributed by atoms with Crippen LogP contribution in [0, 0.1) is 17.5 Å². The van der Waals surface area contributed by atoms with E-state index >= 15 is 0 Å². The molecule has 2 N–H and O–H groups in total. The van der Waals surface area contributed by atoms with Gasteiger partial charge in [-0.15, -0.1) is 0 Å². The Bertz CT molecular complexity index is 1080. The number of hydrogen-bond donors (Lipinski definition) is 2. The van der Waals surface area contributed by atoms with Crippen LogP contribution in [0.1, 0.15) is 31.4 Å². The van der Waals surface area contributed by atoms with Crippen molar-refractivity contribution >= 4 is 27.7 Å². The first kappa shape index (κ1) is 25.3. The molecule has 2 aromatic carbocycles. The monoisotopic (exact) mass is 470 g/mol. The molecule has 10 heteroatoms. The third kappa shape index (κ3) is 7.92. The maximum atomic E-state index is 14.0. The maximum Gasteiger partial charge on any atom is 0.244 e. The SMILES string of the molecule is CC[C@@H](C)Oc1cc(F)ccc1C=CC(=O)NCCc1cc(F)c(NS(C)(=O)=O)c(F)c1. The fraction of sp³-hybridized carbons (Fsp3) is 0.318. The number of carbonyl (C=O) groups is 1. The minimum absolute atomic E-state index is 0.0839. The summed E-state index contributed by atoms with van der Waals surface area (Å²) in [6.45, 7) is 3.86. The summed E-state index contributed by atoms with van der Waals surface area (Å²) in [6.07, 6.45) is 4.23. The van der Waals surface area contributed by atoms with Crippen LogP contribution >= 0.6 is 0 Å². The molecule has 174 valence electrons. The highest BCUT2D eigenvalue weighted by atomic mass is 32.2. The van der Waals surface area contributed by atoms with Crippen LogP contribution < -0.4 is 14.8 Å². The van der Waals surface area contributed by atoms with Gasteiger partial charge >= 0.3 is 0 Å². The molecular weight excluding hydrogens is 445 g/mol. The smallest absolute Gasteiger partial charge is 0.244 e. The van der Waals surface area contributed by atoms with Crippen LogP contribution in [-0.4, -0.2) is 33.2 Å². The fourth-order valence-corrected chi connectivity index (χ4v) is 3.22. The third-order valence-corrected chi connectivity index (χ3v) is 4.97. The van der Waals surface area contributed by atoms with Crippen LogP contribution in [0.3, 0.4) is 0 Å². The topological polar surface area (TPSA) is 84.5 Å². The van der Waals surface area contributed by atoms with Gasteiger partial charge in [0.1, 0.15) is 17.3 Å². The first-order valence-corrected chi connectivity index (χ1v) is 11.8. The Morgan fingerprint density at radius 3 is 2.41 bits per heavy atom. The molecule has 0 heterocycles. The van der Waals surface area contributed by atoms with E-state index in [2.05, 4.69) is 5.32 Å². The molecule has 1 atom stereocenters. The molecule has 0 aliphatic rings. The highest BCUT2D eigenvalue weighted by Crippen LogP contribution is 2.24. The summed E-state index contributed by atoms with van der Waals surface area (Å²) in [7, 11) is -3.83. The van der Waals surface area contributed by atoms with Gasteiger partial charge in [-0.25, -0.2) is 21.6 Å². The fourth-order valence-electron chi connectivity index (χ4n) is 2.66. The Morgan fingerprint density at radius 1 is 1.16 bits per heavy atom. The van der Waals surface area contributed by atoms with E-state index in [1.54, 1.807) is 4.72 Å². The van der Waals surface area contributed by atoms with E-state index in [0.29, 0.717) is 11.3 Å². The Hall–Kier alpha value is -3.01. The van der Waals surface area contributed by atoms with Gasteiger partial charge in [-0.3, -0.25) is 9.52 Å². The number of anilines is 1. The Morgan fingerprint density at radius 2 is 1.81 bits per heavy atom. The Kier molecular flexibility index (Phi) is 8.71. The lowest BCUT2D eigenvalue weighted by Gasteiger charge is -2.14. The third-order valence-electron chi connectivity index (χ3n) is 4.40. The zero-order valence-electron chi connectivity index (χ0n) is 17.9. The second-order valence-corrected chi connectivity index (χ2v) is 8.95. The first-order valence-electron chi connectivity index (χ1n) is 9.86. The molecule has 0 radical (unpaired) electrons. The highest BCUT2D eigenvalue weighted by Gasteiger charge is 2.15. The van der Waals surface area contributed by atoms with Gasteiger partial charge in [-0.2, -0.15) is 0 Å². The number of nitrogens with one attached hydrogen (secondary N) is 2. The molecule has 32 heavy (non-hydrogen) atoms. The number of rotatable bonds is 10. The van der Waals surface area contributed by atoms with Crippen molar-refractivity contribution in [3.05, 3.63) is 65.0 Å². The van der Waals surface area contributed by atoms with Gasteiger partial charge in [0.15, 0.2) is 11.6 Å². The number of ether oxygens (including phenoxy) is 1. The molecule has 0 bridgehead atoms. The average molecular weight is 471 g/mol. The van der Waals surface area contributed by atoms with Crippen LogP contribution in [0.25, 0.3) is 6.08 Å². The molecule has 6 nitrogen and oxygen atoms in total. The molecule has 0 aliphatic heterocycles. The van der Waals surface area contributed by atoms with E-state index in [4.69, 9.17) is 4.74 Å². The van der Waals surface area contributed by atoms with Gasteiger partial charge in [-0.1, -0.05) is 6.92 Å². The van der Waals surface area contributed by atoms with E-state index in [1.807, 2.05) is 13.8 Å². The lowest BCUT2D eigenvalue weighted by molar-refractivity contribution is -0.116. The molecule has 0 unspecified atom stereocenters. The summed E-state index contributed by atoms with van der Waals surface area (Å²) in [4.78, 5) is 12.1.